The first kappa shape index (κ1) is 6.82. The van der Waals surface area contributed by atoms with Crippen molar-refractivity contribution in [3.63, 3.8) is 0 Å². The first-order valence-electron chi connectivity index (χ1n) is 3.05. The lowest BCUT2D eigenvalue weighted by Crippen LogP contribution is -1.80. The highest BCUT2D eigenvalue weighted by Crippen LogP contribution is 2.26. The van der Waals surface area contributed by atoms with Crippen LogP contribution in [0, 0.1) is 11.3 Å². The number of alkyl halides is 1. The molecule has 0 fully saturated rings. The van der Waals surface area contributed by atoms with E-state index >= 15 is 0 Å². The highest BCUT2D eigenvalue weighted by atomic mass is 79.9. The molecule has 0 aromatic rings. The molecule has 0 aromatic carbocycles. The molecule has 0 saturated carbocycles. The Balaban J connectivity index is 2.73. The van der Waals surface area contributed by atoms with Crippen molar-refractivity contribution >= 4 is 15.9 Å². The lowest BCUT2D eigenvalue weighted by atomic mass is 10.2. The smallest absolute Gasteiger partial charge is 0.0946 e. The average Bonchev–Trinajstić information content (AvgIpc) is 2.33. The Morgan fingerprint density at radius 3 is 2.78 bits per heavy atom. The predicted octanol–water partition coefficient (Wildman–Crippen LogP) is 2.39. The second-order valence-electron chi connectivity index (χ2n) is 2.18. The van der Waals surface area contributed by atoms with E-state index in [1.165, 1.54) is 12.0 Å². The number of nitriles is 1. The molecule has 0 unspecified atom stereocenters. The Morgan fingerprint density at radius 2 is 2.33 bits per heavy atom. The van der Waals surface area contributed by atoms with E-state index in [0.29, 0.717) is 0 Å². The van der Waals surface area contributed by atoms with Crippen molar-refractivity contribution < 1.29 is 0 Å². The number of hydrogen-bond donors (Lipinski definition) is 0. The summed E-state index contributed by atoms with van der Waals surface area (Å²) in [5, 5.41) is 9.42. The zero-order chi connectivity index (χ0) is 6.69. The lowest BCUT2D eigenvalue weighted by Gasteiger charge is -1.91. The van der Waals surface area contributed by atoms with Gasteiger partial charge in [0.1, 0.15) is 0 Å². The van der Waals surface area contributed by atoms with Gasteiger partial charge in [0.05, 0.1) is 6.07 Å². The Morgan fingerprint density at radius 1 is 1.56 bits per heavy atom. The third kappa shape index (κ3) is 1.34. The van der Waals surface area contributed by atoms with E-state index in [1.54, 1.807) is 0 Å². The molecular weight excluding hydrogens is 178 g/mol. The summed E-state index contributed by atoms with van der Waals surface area (Å²) in [7, 11) is 0. The van der Waals surface area contributed by atoms with Gasteiger partial charge < -0.3 is 0 Å². The zero-order valence-electron chi connectivity index (χ0n) is 5.15. The largest absolute Gasteiger partial charge is 0.193 e. The van der Waals surface area contributed by atoms with Gasteiger partial charge in [-0.1, -0.05) is 15.9 Å². The standard InChI is InChI=1S/C7H8BrN/c8-4-6-2-1-3-7(6)5-9/h1-4H2. The highest BCUT2D eigenvalue weighted by Gasteiger charge is 2.11. The molecule has 1 aliphatic rings. The Bertz CT molecular complexity index is 176. The van der Waals surface area contributed by atoms with E-state index in [1.807, 2.05) is 0 Å². The quantitative estimate of drug-likeness (QED) is 0.576. The summed E-state index contributed by atoms with van der Waals surface area (Å²) in [5.41, 5.74) is 2.31. The van der Waals surface area contributed by atoms with Crippen LogP contribution in [-0.2, 0) is 0 Å². The van der Waals surface area contributed by atoms with E-state index in [4.69, 9.17) is 5.26 Å². The first-order chi connectivity index (χ1) is 4.38. The van der Waals surface area contributed by atoms with E-state index in [2.05, 4.69) is 22.0 Å². The van der Waals surface area contributed by atoms with Crippen LogP contribution in [-0.4, -0.2) is 5.33 Å². The number of hydrogen-bond acceptors (Lipinski definition) is 1. The van der Waals surface area contributed by atoms with Gasteiger partial charge in [-0.25, -0.2) is 0 Å². The highest BCUT2D eigenvalue weighted by molar-refractivity contribution is 9.09. The van der Waals surface area contributed by atoms with Gasteiger partial charge in [0.25, 0.3) is 0 Å². The van der Waals surface area contributed by atoms with Crippen molar-refractivity contribution in [2.75, 3.05) is 5.33 Å². The normalized spacial score (nSPS) is 18.2. The minimum Gasteiger partial charge on any atom is -0.193 e. The van der Waals surface area contributed by atoms with Crippen LogP contribution in [0.1, 0.15) is 19.3 Å². The Hall–Kier alpha value is -0.290. The van der Waals surface area contributed by atoms with Crippen molar-refractivity contribution in [2.24, 2.45) is 0 Å². The summed E-state index contributed by atoms with van der Waals surface area (Å²) in [5.74, 6) is 0. The monoisotopic (exact) mass is 185 g/mol. The van der Waals surface area contributed by atoms with Gasteiger partial charge in [0, 0.05) is 10.9 Å². The van der Waals surface area contributed by atoms with Crippen molar-refractivity contribution in [3.05, 3.63) is 11.1 Å². The molecule has 48 valence electrons. The number of nitrogens with zero attached hydrogens (tertiary/aromatic N) is 1. The van der Waals surface area contributed by atoms with E-state index < -0.39 is 0 Å². The van der Waals surface area contributed by atoms with Crippen LogP contribution in [0.3, 0.4) is 0 Å². The molecule has 0 aliphatic heterocycles. The zero-order valence-corrected chi connectivity index (χ0v) is 6.74. The van der Waals surface area contributed by atoms with E-state index in [-0.39, 0.29) is 0 Å². The summed E-state index contributed by atoms with van der Waals surface area (Å²) in [6.07, 6.45) is 3.29. The van der Waals surface area contributed by atoms with Crippen molar-refractivity contribution in [3.8, 4) is 6.07 Å². The number of rotatable bonds is 1. The molecule has 2 heteroatoms. The first-order valence-corrected chi connectivity index (χ1v) is 4.17. The van der Waals surface area contributed by atoms with Gasteiger partial charge >= 0.3 is 0 Å². The predicted molar refractivity (Wildman–Crippen MR) is 40.3 cm³/mol. The third-order valence-electron chi connectivity index (χ3n) is 1.63. The SMILES string of the molecule is N#CC1=C(CBr)CCC1. The van der Waals surface area contributed by atoms with Crippen LogP contribution in [0.25, 0.3) is 0 Å². The molecule has 0 heterocycles. The van der Waals surface area contributed by atoms with Crippen molar-refractivity contribution in [1.29, 1.82) is 5.26 Å². The topological polar surface area (TPSA) is 23.8 Å². The van der Waals surface area contributed by atoms with Gasteiger partial charge in [0.2, 0.25) is 0 Å². The molecule has 0 amide bonds. The average molecular weight is 186 g/mol. The summed E-state index contributed by atoms with van der Waals surface area (Å²) < 4.78 is 0. The molecule has 0 bridgehead atoms. The fourth-order valence-corrected chi connectivity index (χ4v) is 1.71. The fraction of sp³-hybridized carbons (Fsp3) is 0.571. The van der Waals surface area contributed by atoms with Crippen LogP contribution in [0.5, 0.6) is 0 Å². The van der Waals surface area contributed by atoms with Gasteiger partial charge in [-0.15, -0.1) is 0 Å². The summed E-state index contributed by atoms with van der Waals surface area (Å²) in [4.78, 5) is 0. The number of halogens is 1. The Labute approximate surface area is 63.5 Å². The van der Waals surface area contributed by atoms with Gasteiger partial charge in [-0.3, -0.25) is 0 Å². The molecule has 9 heavy (non-hydrogen) atoms. The van der Waals surface area contributed by atoms with E-state index in [0.717, 1.165) is 23.7 Å². The van der Waals surface area contributed by atoms with Gasteiger partial charge in [-0.2, -0.15) is 5.26 Å². The molecule has 0 spiro atoms. The molecule has 0 saturated heterocycles. The summed E-state index contributed by atoms with van der Waals surface area (Å²) in [6, 6.07) is 2.21. The molecule has 1 rings (SSSR count). The van der Waals surface area contributed by atoms with Gasteiger partial charge in [0.15, 0.2) is 0 Å². The maximum Gasteiger partial charge on any atom is 0.0946 e. The van der Waals surface area contributed by atoms with Gasteiger partial charge in [-0.05, 0) is 24.8 Å². The summed E-state index contributed by atoms with van der Waals surface area (Å²) >= 11 is 3.35. The Kier molecular flexibility index (Phi) is 2.29. The van der Waals surface area contributed by atoms with Crippen LogP contribution in [0.4, 0.5) is 0 Å². The van der Waals surface area contributed by atoms with Crippen LogP contribution in [0.15, 0.2) is 11.1 Å². The molecule has 1 nitrogen and oxygen atoms in total. The molecule has 0 aromatic heterocycles. The maximum absolute atomic E-state index is 8.54. The van der Waals surface area contributed by atoms with Crippen LogP contribution >= 0.6 is 15.9 Å². The maximum atomic E-state index is 8.54. The van der Waals surface area contributed by atoms with Crippen molar-refractivity contribution in [2.45, 2.75) is 19.3 Å². The fourth-order valence-electron chi connectivity index (χ4n) is 1.09. The molecular formula is C7H8BrN. The minimum atomic E-state index is 0.885. The minimum absolute atomic E-state index is 0.885. The van der Waals surface area contributed by atoms with Crippen molar-refractivity contribution in [1.82, 2.24) is 0 Å². The molecule has 1 aliphatic carbocycles. The lowest BCUT2D eigenvalue weighted by molar-refractivity contribution is 0.901. The third-order valence-corrected chi connectivity index (χ3v) is 2.31. The summed E-state index contributed by atoms with van der Waals surface area (Å²) in [6.45, 7) is 0. The molecule has 0 atom stereocenters. The van der Waals surface area contributed by atoms with Crippen LogP contribution < -0.4 is 0 Å². The van der Waals surface area contributed by atoms with E-state index in [9.17, 15) is 0 Å². The second kappa shape index (κ2) is 3.03. The molecule has 0 N–H and O–H groups in total. The van der Waals surface area contributed by atoms with Crippen LogP contribution in [0.2, 0.25) is 0 Å². The molecule has 0 radical (unpaired) electrons. The number of allylic oxidation sites excluding steroid dienone is 2. The second-order valence-corrected chi connectivity index (χ2v) is 2.74.